The topological polar surface area (TPSA) is 18.5 Å². The maximum absolute atomic E-state index is 5.75. The minimum absolute atomic E-state index is 0.790. The lowest BCUT2D eigenvalue weighted by molar-refractivity contribution is 0.257. The van der Waals surface area contributed by atoms with Crippen molar-refractivity contribution in [3.05, 3.63) is 0 Å². The Bertz CT molecular complexity index is 91.1. The molecule has 70 valence electrons. The quantitative estimate of drug-likeness (QED) is 0.562. The molecule has 1 aliphatic rings. The highest BCUT2D eigenvalue weighted by Gasteiger charge is 2.24. The Kier molecular flexibility index (Phi) is 9.28. The highest BCUT2D eigenvalue weighted by atomic mass is 27.3. The number of hydrogen-bond acceptors (Lipinski definition) is 2. The van der Waals surface area contributed by atoms with Crippen LogP contribution in [0.1, 0.15) is 26.7 Å². The SMILES string of the molecule is CC.[CH3][Al]1[CH2]CCC[O][Al]([CH3])[O]1. The van der Waals surface area contributed by atoms with Gasteiger partial charge in [0.2, 0.25) is 0 Å². The molecular formula is C8H20Al2O2. The summed E-state index contributed by atoms with van der Waals surface area (Å²) in [6.07, 6.45) is 2.56. The second kappa shape index (κ2) is 8.58. The predicted octanol–water partition coefficient (Wildman–Crippen LogP) is 2.58. The van der Waals surface area contributed by atoms with E-state index in [1.807, 2.05) is 13.8 Å². The lowest BCUT2D eigenvalue weighted by Gasteiger charge is -2.17. The van der Waals surface area contributed by atoms with Crippen LogP contribution < -0.4 is 0 Å². The molecule has 0 N–H and O–H groups in total. The fourth-order valence-corrected chi connectivity index (χ4v) is 6.06. The molecule has 0 radical (unpaired) electrons. The number of hydrogen-bond donors (Lipinski definition) is 0. The Balaban J connectivity index is 0.000000561. The first-order chi connectivity index (χ1) is 5.79. The molecule has 0 atom stereocenters. The summed E-state index contributed by atoms with van der Waals surface area (Å²) in [6.45, 7) is 4.94. The van der Waals surface area contributed by atoms with E-state index in [4.69, 9.17) is 6.63 Å². The van der Waals surface area contributed by atoms with E-state index in [9.17, 15) is 0 Å². The summed E-state index contributed by atoms with van der Waals surface area (Å²) in [6, 6.07) is 0. The van der Waals surface area contributed by atoms with E-state index < -0.39 is 29.3 Å². The van der Waals surface area contributed by atoms with E-state index in [0.717, 1.165) is 6.61 Å². The molecule has 1 saturated heterocycles. The molecule has 0 aromatic carbocycles. The fraction of sp³-hybridized carbons (Fsp3) is 1.00. The molecule has 1 aliphatic heterocycles. The van der Waals surface area contributed by atoms with Crippen molar-refractivity contribution < 1.29 is 6.63 Å². The standard InChI is InChI=1S/C4H8O.C2H6.2CH3.2Al.O/c1-2-3-4-5;1-2;;;;;/h1-4H2;1-2H3;2*1H3;;;/q-1;;;;;+1;. The molecule has 0 bridgehead atoms. The third kappa shape index (κ3) is 6.50. The van der Waals surface area contributed by atoms with Crippen molar-refractivity contribution in [2.24, 2.45) is 0 Å². The molecule has 0 spiro atoms. The van der Waals surface area contributed by atoms with Crippen LogP contribution in [0.15, 0.2) is 0 Å². The molecule has 1 rings (SSSR count). The normalized spacial score (nSPS) is 19.0. The third-order valence-corrected chi connectivity index (χ3v) is 7.10. The van der Waals surface area contributed by atoms with Crippen LogP contribution in [0.4, 0.5) is 0 Å². The Morgan fingerprint density at radius 3 is 2.42 bits per heavy atom. The van der Waals surface area contributed by atoms with E-state index in [0.29, 0.717) is 0 Å². The van der Waals surface area contributed by atoms with E-state index in [-0.39, 0.29) is 0 Å². The molecule has 0 aliphatic carbocycles. The van der Waals surface area contributed by atoms with Gasteiger partial charge in [-0.15, -0.1) is 0 Å². The minimum atomic E-state index is -1.16. The fourth-order valence-electron chi connectivity index (χ4n) is 1.22. The van der Waals surface area contributed by atoms with Gasteiger partial charge in [-0.2, -0.15) is 0 Å². The summed E-state index contributed by atoms with van der Waals surface area (Å²) >= 11 is -1.95. The molecule has 2 nitrogen and oxygen atoms in total. The summed E-state index contributed by atoms with van der Waals surface area (Å²) in [5.74, 6) is 4.41. The van der Waals surface area contributed by atoms with Gasteiger partial charge >= 0.3 is 29.3 Å². The van der Waals surface area contributed by atoms with Crippen molar-refractivity contribution in [2.45, 2.75) is 43.5 Å². The van der Waals surface area contributed by atoms with Crippen LogP contribution in [0.2, 0.25) is 16.9 Å². The molecular weight excluding hydrogens is 182 g/mol. The monoisotopic (exact) mass is 202 g/mol. The molecule has 0 unspecified atom stereocenters. The predicted molar refractivity (Wildman–Crippen MR) is 55.7 cm³/mol. The van der Waals surface area contributed by atoms with Crippen LogP contribution in [0.3, 0.4) is 0 Å². The van der Waals surface area contributed by atoms with Gasteiger partial charge in [0.25, 0.3) is 0 Å². The average molecular weight is 202 g/mol. The van der Waals surface area contributed by atoms with Gasteiger partial charge in [-0.05, 0) is 6.42 Å². The van der Waals surface area contributed by atoms with E-state index in [2.05, 4.69) is 11.6 Å². The maximum Gasteiger partial charge on any atom is 0.640 e. The smallest absolute Gasteiger partial charge is 0.614 e. The van der Waals surface area contributed by atoms with Crippen molar-refractivity contribution in [2.75, 3.05) is 6.61 Å². The molecule has 0 aromatic heterocycles. The Morgan fingerprint density at radius 1 is 1.08 bits per heavy atom. The second-order valence-corrected chi connectivity index (χ2v) is 7.64. The largest absolute Gasteiger partial charge is 0.640 e. The van der Waals surface area contributed by atoms with Gasteiger partial charge in [-0.25, -0.2) is 0 Å². The van der Waals surface area contributed by atoms with E-state index in [1.165, 1.54) is 18.1 Å². The summed E-state index contributed by atoms with van der Waals surface area (Å²) in [5, 5.41) is 1.35. The Morgan fingerprint density at radius 2 is 1.75 bits per heavy atom. The first-order valence-electron chi connectivity index (χ1n) is 5.06. The van der Waals surface area contributed by atoms with Crippen LogP contribution in [0.25, 0.3) is 0 Å². The summed E-state index contributed by atoms with van der Waals surface area (Å²) in [5.41, 5.74) is 0. The zero-order valence-electron chi connectivity index (χ0n) is 8.80. The highest BCUT2D eigenvalue weighted by molar-refractivity contribution is 6.61. The second-order valence-electron chi connectivity index (χ2n) is 2.88. The van der Waals surface area contributed by atoms with Gasteiger partial charge in [0.05, 0.1) is 0 Å². The van der Waals surface area contributed by atoms with Gasteiger partial charge in [0, 0.05) is 6.61 Å². The van der Waals surface area contributed by atoms with Crippen LogP contribution in [0, 0.1) is 0 Å². The molecule has 4 heteroatoms. The first kappa shape index (κ1) is 13.0. The first-order valence-corrected chi connectivity index (χ1v) is 9.60. The Hall–Kier alpha value is 0.985. The molecule has 0 aromatic rings. The third-order valence-electron chi connectivity index (χ3n) is 1.78. The lowest BCUT2D eigenvalue weighted by Crippen LogP contribution is -2.29. The zero-order chi connectivity index (χ0) is 9.40. The van der Waals surface area contributed by atoms with Crippen molar-refractivity contribution in [3.63, 3.8) is 0 Å². The van der Waals surface area contributed by atoms with Gasteiger partial charge in [0.1, 0.15) is 0 Å². The van der Waals surface area contributed by atoms with Gasteiger partial charge < -0.3 is 6.63 Å². The summed E-state index contributed by atoms with van der Waals surface area (Å²) < 4.78 is 11.3. The van der Waals surface area contributed by atoms with Crippen LogP contribution in [-0.4, -0.2) is 35.9 Å². The van der Waals surface area contributed by atoms with E-state index in [1.54, 1.807) is 0 Å². The van der Waals surface area contributed by atoms with Crippen molar-refractivity contribution in [3.8, 4) is 0 Å². The van der Waals surface area contributed by atoms with Crippen LogP contribution in [0.5, 0.6) is 0 Å². The van der Waals surface area contributed by atoms with E-state index >= 15 is 0 Å². The molecule has 1 heterocycles. The summed E-state index contributed by atoms with van der Waals surface area (Å²) in [7, 11) is 0. The number of rotatable bonds is 0. The van der Waals surface area contributed by atoms with Crippen molar-refractivity contribution >= 4 is 29.3 Å². The Labute approximate surface area is 86.0 Å². The van der Waals surface area contributed by atoms with Crippen LogP contribution >= 0.6 is 0 Å². The minimum Gasteiger partial charge on any atom is -0.614 e. The zero-order valence-corrected chi connectivity index (χ0v) is 11.1. The highest BCUT2D eigenvalue weighted by Crippen LogP contribution is 2.08. The van der Waals surface area contributed by atoms with Crippen molar-refractivity contribution in [1.82, 2.24) is 0 Å². The molecule has 12 heavy (non-hydrogen) atoms. The van der Waals surface area contributed by atoms with Gasteiger partial charge in [0.15, 0.2) is 0 Å². The van der Waals surface area contributed by atoms with Gasteiger partial charge in [-0.1, -0.05) is 37.1 Å². The molecule has 1 fully saturated rings. The van der Waals surface area contributed by atoms with Crippen molar-refractivity contribution in [1.29, 1.82) is 0 Å². The maximum atomic E-state index is 5.75. The summed E-state index contributed by atoms with van der Waals surface area (Å²) in [4.78, 5) is 0. The van der Waals surface area contributed by atoms with Gasteiger partial charge in [-0.3, -0.25) is 0 Å². The van der Waals surface area contributed by atoms with Crippen LogP contribution in [-0.2, 0) is 6.63 Å². The molecule has 0 saturated carbocycles. The lowest BCUT2D eigenvalue weighted by atomic mass is 10.4. The molecule has 0 amide bonds. The average Bonchev–Trinajstić information content (AvgIpc) is 2.04.